The topological polar surface area (TPSA) is 102 Å². The fourth-order valence-corrected chi connectivity index (χ4v) is 2.64. The van der Waals surface area contributed by atoms with Gasteiger partial charge in [0.05, 0.1) is 10.6 Å². The first kappa shape index (κ1) is 14.6. The number of primary sulfonamides is 1. The highest BCUT2D eigenvalue weighted by Crippen LogP contribution is 2.25. The molecule has 3 N–H and O–H groups in total. The van der Waals surface area contributed by atoms with E-state index in [-0.39, 0.29) is 10.8 Å². The molecule has 0 radical (unpaired) electrons. The molecule has 1 aromatic carbocycles. The zero-order valence-corrected chi connectivity index (χ0v) is 12.5. The summed E-state index contributed by atoms with van der Waals surface area (Å²) < 4.78 is 22.8. The number of benzene rings is 1. The molecule has 20 heavy (non-hydrogen) atoms. The Morgan fingerprint density at radius 3 is 2.40 bits per heavy atom. The van der Waals surface area contributed by atoms with E-state index in [4.69, 9.17) is 5.14 Å². The fraction of sp³-hybridized carbons (Fsp3) is 0. The van der Waals surface area contributed by atoms with Gasteiger partial charge < -0.3 is 5.32 Å². The summed E-state index contributed by atoms with van der Waals surface area (Å²) in [7, 11) is -3.77. The largest absolute Gasteiger partial charge is 0.321 e. The monoisotopic (exact) mass is 355 g/mol. The average molecular weight is 356 g/mol. The minimum atomic E-state index is -3.77. The van der Waals surface area contributed by atoms with E-state index in [1.54, 1.807) is 12.1 Å². The van der Waals surface area contributed by atoms with Crippen molar-refractivity contribution in [3.63, 3.8) is 0 Å². The van der Waals surface area contributed by atoms with Gasteiger partial charge in [0.15, 0.2) is 0 Å². The van der Waals surface area contributed by atoms with E-state index in [9.17, 15) is 13.2 Å². The number of nitrogens with one attached hydrogen (secondary N) is 1. The van der Waals surface area contributed by atoms with E-state index >= 15 is 0 Å². The summed E-state index contributed by atoms with van der Waals surface area (Å²) in [6.45, 7) is 0. The highest BCUT2D eigenvalue weighted by Gasteiger charge is 2.12. The van der Waals surface area contributed by atoms with Gasteiger partial charge in [-0.1, -0.05) is 0 Å². The fourth-order valence-electron chi connectivity index (χ4n) is 1.47. The highest BCUT2D eigenvalue weighted by molar-refractivity contribution is 9.10. The first-order chi connectivity index (χ1) is 9.38. The maximum Gasteiger partial charge on any atom is 0.255 e. The van der Waals surface area contributed by atoms with Crippen LogP contribution >= 0.6 is 15.9 Å². The van der Waals surface area contributed by atoms with Crippen molar-refractivity contribution in [2.24, 2.45) is 5.14 Å². The maximum atomic E-state index is 11.9. The summed E-state index contributed by atoms with van der Waals surface area (Å²) in [5.74, 6) is -0.323. The van der Waals surface area contributed by atoms with Crippen LogP contribution in [0.2, 0.25) is 0 Å². The van der Waals surface area contributed by atoms with Crippen molar-refractivity contribution in [1.82, 2.24) is 4.98 Å². The van der Waals surface area contributed by atoms with Gasteiger partial charge in [0.25, 0.3) is 5.91 Å². The first-order valence-electron chi connectivity index (χ1n) is 5.41. The van der Waals surface area contributed by atoms with Crippen molar-refractivity contribution in [2.45, 2.75) is 4.90 Å². The molecule has 1 amide bonds. The smallest absolute Gasteiger partial charge is 0.255 e. The predicted octanol–water partition coefficient (Wildman–Crippen LogP) is 1.74. The molecule has 0 fully saturated rings. The molecule has 104 valence electrons. The average Bonchev–Trinajstić information content (AvgIpc) is 2.41. The molecule has 1 heterocycles. The molecule has 0 atom stereocenters. The maximum absolute atomic E-state index is 11.9. The van der Waals surface area contributed by atoms with Crippen LogP contribution in [0.25, 0.3) is 0 Å². The Labute approximate surface area is 124 Å². The van der Waals surface area contributed by atoms with E-state index in [0.29, 0.717) is 15.7 Å². The molecular weight excluding hydrogens is 346 g/mol. The van der Waals surface area contributed by atoms with Gasteiger partial charge in [-0.3, -0.25) is 9.78 Å². The molecule has 0 aliphatic rings. The quantitative estimate of drug-likeness (QED) is 0.875. The first-order valence-corrected chi connectivity index (χ1v) is 7.75. The third kappa shape index (κ3) is 3.41. The predicted molar refractivity (Wildman–Crippen MR) is 77.7 cm³/mol. The number of rotatable bonds is 3. The third-order valence-electron chi connectivity index (χ3n) is 2.46. The molecule has 0 unspecified atom stereocenters. The van der Waals surface area contributed by atoms with Crippen LogP contribution in [0.15, 0.2) is 52.1 Å². The van der Waals surface area contributed by atoms with Gasteiger partial charge in [-0.15, -0.1) is 0 Å². The van der Waals surface area contributed by atoms with Gasteiger partial charge >= 0.3 is 0 Å². The third-order valence-corrected chi connectivity index (χ3v) is 4.03. The van der Waals surface area contributed by atoms with Crippen molar-refractivity contribution in [3.05, 3.63) is 52.8 Å². The van der Waals surface area contributed by atoms with Crippen LogP contribution in [0.5, 0.6) is 0 Å². The molecule has 2 aromatic rings. The van der Waals surface area contributed by atoms with Crippen LogP contribution in [0.3, 0.4) is 0 Å². The molecule has 0 bridgehead atoms. The van der Waals surface area contributed by atoms with Crippen LogP contribution in [0.1, 0.15) is 10.4 Å². The van der Waals surface area contributed by atoms with Crippen LogP contribution in [0, 0.1) is 0 Å². The van der Waals surface area contributed by atoms with Gasteiger partial charge in [0, 0.05) is 22.4 Å². The zero-order chi connectivity index (χ0) is 14.8. The molecule has 1 aromatic heterocycles. The Kier molecular flexibility index (Phi) is 4.17. The number of carbonyl (C=O) groups excluding carboxylic acids is 1. The van der Waals surface area contributed by atoms with Crippen molar-refractivity contribution in [3.8, 4) is 0 Å². The lowest BCUT2D eigenvalue weighted by Gasteiger charge is -2.08. The number of sulfonamides is 1. The second kappa shape index (κ2) is 5.70. The molecule has 0 saturated carbocycles. The summed E-state index contributed by atoms with van der Waals surface area (Å²) in [6, 6.07) is 7.26. The minimum Gasteiger partial charge on any atom is -0.321 e. The SMILES string of the molecule is NS(=O)(=O)c1ccc(NC(=O)c2ccncc2)c(Br)c1. The number of anilines is 1. The van der Waals surface area contributed by atoms with Gasteiger partial charge in [-0.2, -0.15) is 0 Å². The lowest BCUT2D eigenvalue weighted by atomic mass is 10.2. The van der Waals surface area contributed by atoms with Gasteiger partial charge in [0.1, 0.15) is 0 Å². The summed E-state index contributed by atoms with van der Waals surface area (Å²) in [5, 5.41) is 7.68. The number of nitrogens with zero attached hydrogens (tertiary/aromatic N) is 1. The van der Waals surface area contributed by atoms with Crippen LogP contribution in [-0.2, 0) is 10.0 Å². The number of hydrogen-bond acceptors (Lipinski definition) is 4. The Balaban J connectivity index is 2.25. The summed E-state index contributed by atoms with van der Waals surface area (Å²) in [6.07, 6.45) is 3.02. The molecule has 6 nitrogen and oxygen atoms in total. The number of pyridine rings is 1. The standard InChI is InChI=1S/C12H10BrN3O3S/c13-10-7-9(20(14,18)19)1-2-11(10)16-12(17)8-3-5-15-6-4-8/h1-7H,(H,16,17)(H2,14,18,19). The van der Waals surface area contributed by atoms with E-state index in [1.165, 1.54) is 30.6 Å². The van der Waals surface area contributed by atoms with E-state index in [0.717, 1.165) is 0 Å². The Morgan fingerprint density at radius 1 is 1.20 bits per heavy atom. The summed E-state index contributed by atoms with van der Waals surface area (Å²) >= 11 is 3.19. The number of carbonyl (C=O) groups is 1. The summed E-state index contributed by atoms with van der Waals surface area (Å²) in [5.41, 5.74) is 0.890. The molecular formula is C12H10BrN3O3S. The normalized spacial score (nSPS) is 11.1. The van der Waals surface area contributed by atoms with Crippen LogP contribution in [0.4, 0.5) is 5.69 Å². The van der Waals surface area contributed by atoms with Crippen LogP contribution in [-0.4, -0.2) is 19.3 Å². The van der Waals surface area contributed by atoms with E-state index < -0.39 is 10.0 Å². The number of nitrogens with two attached hydrogens (primary N) is 1. The lowest BCUT2D eigenvalue weighted by molar-refractivity contribution is 0.102. The second-order valence-electron chi connectivity index (χ2n) is 3.88. The van der Waals surface area contributed by atoms with Crippen LogP contribution < -0.4 is 10.5 Å². The second-order valence-corrected chi connectivity index (χ2v) is 6.29. The molecule has 0 saturated heterocycles. The van der Waals surface area contributed by atoms with E-state index in [1.807, 2.05) is 0 Å². The number of amides is 1. The van der Waals surface area contributed by atoms with Crippen molar-refractivity contribution >= 4 is 37.5 Å². The van der Waals surface area contributed by atoms with Gasteiger partial charge in [-0.05, 0) is 46.3 Å². The molecule has 0 spiro atoms. The lowest BCUT2D eigenvalue weighted by Crippen LogP contribution is -2.14. The number of hydrogen-bond donors (Lipinski definition) is 2. The van der Waals surface area contributed by atoms with Crippen molar-refractivity contribution in [1.29, 1.82) is 0 Å². The Hall–Kier alpha value is -1.77. The Morgan fingerprint density at radius 2 is 1.85 bits per heavy atom. The zero-order valence-electron chi connectivity index (χ0n) is 10.1. The molecule has 0 aliphatic heterocycles. The minimum absolute atomic E-state index is 0.0358. The number of halogens is 1. The van der Waals surface area contributed by atoms with Crippen molar-refractivity contribution < 1.29 is 13.2 Å². The molecule has 2 rings (SSSR count). The molecule has 8 heteroatoms. The number of aromatic nitrogens is 1. The molecule has 0 aliphatic carbocycles. The van der Waals surface area contributed by atoms with E-state index in [2.05, 4.69) is 26.2 Å². The van der Waals surface area contributed by atoms with Gasteiger partial charge in [0.2, 0.25) is 10.0 Å². The summed E-state index contributed by atoms with van der Waals surface area (Å²) in [4.78, 5) is 15.7. The Bertz CT molecular complexity index is 748. The van der Waals surface area contributed by atoms with Gasteiger partial charge in [-0.25, -0.2) is 13.6 Å². The highest BCUT2D eigenvalue weighted by atomic mass is 79.9. The van der Waals surface area contributed by atoms with Crippen molar-refractivity contribution in [2.75, 3.05) is 5.32 Å².